The molecule has 1 spiro atoms. The summed E-state index contributed by atoms with van der Waals surface area (Å²) in [6.07, 6.45) is 8.76. The molecule has 1 aliphatic heterocycles. The summed E-state index contributed by atoms with van der Waals surface area (Å²) in [6, 6.07) is 1.81. The summed E-state index contributed by atoms with van der Waals surface area (Å²) in [7, 11) is -3.46. The molecule has 1 unspecified atom stereocenters. The maximum Gasteiger partial charge on any atom is 0.165 e. The van der Waals surface area contributed by atoms with Crippen molar-refractivity contribution in [1.82, 2.24) is 9.97 Å². The van der Waals surface area contributed by atoms with Crippen molar-refractivity contribution in [3.05, 3.63) is 34.7 Å². The van der Waals surface area contributed by atoms with Crippen LogP contribution in [0.15, 0.2) is 29.8 Å². The average Bonchev–Trinajstić information content (AvgIpc) is 3.04. The van der Waals surface area contributed by atoms with Crippen molar-refractivity contribution in [3.8, 4) is 10.4 Å². The van der Waals surface area contributed by atoms with Crippen molar-refractivity contribution in [1.29, 1.82) is 0 Å². The molecule has 1 saturated carbocycles. The molecule has 9 heteroatoms. The number of nitrogens with two attached hydrogens (primary N) is 1. The highest BCUT2D eigenvalue weighted by Crippen LogP contribution is 2.48. The highest BCUT2D eigenvalue weighted by molar-refractivity contribution is 7.93. The Kier molecular flexibility index (Phi) is 4.56. The summed E-state index contributed by atoms with van der Waals surface area (Å²) in [6.45, 7) is 1.80. The molecule has 2 N–H and O–H groups in total. The van der Waals surface area contributed by atoms with E-state index in [-0.39, 0.29) is 11.6 Å². The van der Waals surface area contributed by atoms with Gasteiger partial charge in [0.25, 0.3) is 0 Å². The van der Waals surface area contributed by atoms with Gasteiger partial charge in [-0.15, -0.1) is 11.3 Å². The van der Waals surface area contributed by atoms with Gasteiger partial charge >= 0.3 is 0 Å². The maximum absolute atomic E-state index is 13.3. The molecule has 0 amide bonds. The maximum atomic E-state index is 13.3. The molecule has 0 aromatic carbocycles. The third-order valence-corrected chi connectivity index (χ3v) is 10.2. The summed E-state index contributed by atoms with van der Waals surface area (Å²) >= 11 is 7.92. The molecule has 27 heavy (non-hydrogen) atoms. The van der Waals surface area contributed by atoms with Crippen LogP contribution in [0, 0.1) is 0 Å². The minimum atomic E-state index is -3.46. The Morgan fingerprint density at radius 1 is 1.19 bits per heavy atom. The van der Waals surface area contributed by atoms with E-state index in [0.29, 0.717) is 22.7 Å². The number of thiophene rings is 1. The van der Waals surface area contributed by atoms with Crippen LogP contribution < -0.4 is 5.73 Å². The number of rotatable bonds is 2. The van der Waals surface area contributed by atoms with Crippen molar-refractivity contribution in [3.63, 3.8) is 0 Å². The zero-order chi connectivity index (χ0) is 19.3. The fourth-order valence-corrected chi connectivity index (χ4v) is 8.38. The van der Waals surface area contributed by atoms with E-state index in [1.807, 2.05) is 6.07 Å². The Balaban J connectivity index is 1.80. The largest absolute Gasteiger partial charge is 0.386 e. The molecule has 1 aliphatic carbocycles. The number of hydrogen-bond donors (Lipinski definition) is 1. The number of halogens is 1. The van der Waals surface area contributed by atoms with Crippen LogP contribution in [-0.4, -0.2) is 34.7 Å². The average molecular weight is 425 g/mol. The van der Waals surface area contributed by atoms with E-state index in [0.717, 1.165) is 29.7 Å². The van der Waals surface area contributed by atoms with Gasteiger partial charge < -0.3 is 5.73 Å². The summed E-state index contributed by atoms with van der Waals surface area (Å²) in [5.41, 5.74) is 6.16. The van der Waals surface area contributed by atoms with Crippen molar-refractivity contribution >= 4 is 38.6 Å². The predicted molar refractivity (Wildman–Crippen MR) is 109 cm³/mol. The van der Waals surface area contributed by atoms with E-state index in [1.54, 1.807) is 19.3 Å². The monoisotopic (exact) mass is 424 g/mol. The normalized spacial score (nSPS) is 26.7. The molecule has 0 bridgehead atoms. The van der Waals surface area contributed by atoms with E-state index >= 15 is 0 Å². The second-order valence-electron chi connectivity index (χ2n) is 7.50. The molecule has 0 radical (unpaired) electrons. The predicted octanol–water partition coefficient (Wildman–Crippen LogP) is 3.56. The molecule has 0 saturated heterocycles. The Morgan fingerprint density at radius 3 is 2.48 bits per heavy atom. The van der Waals surface area contributed by atoms with Crippen LogP contribution >= 0.6 is 22.9 Å². The molecule has 2 aliphatic rings. The van der Waals surface area contributed by atoms with Gasteiger partial charge in [-0.25, -0.2) is 18.4 Å². The minimum absolute atomic E-state index is 0.0777. The first-order valence-electron chi connectivity index (χ1n) is 8.91. The van der Waals surface area contributed by atoms with Crippen LogP contribution in [0.1, 0.15) is 43.9 Å². The molecule has 2 aromatic heterocycles. The van der Waals surface area contributed by atoms with Crippen molar-refractivity contribution in [2.24, 2.45) is 10.7 Å². The van der Waals surface area contributed by atoms with Crippen LogP contribution in [-0.2, 0) is 15.4 Å². The lowest BCUT2D eigenvalue weighted by molar-refractivity contribution is 0.415. The highest BCUT2D eigenvalue weighted by Gasteiger charge is 2.55. The first-order valence-corrected chi connectivity index (χ1v) is 11.8. The van der Waals surface area contributed by atoms with Crippen LogP contribution in [0.5, 0.6) is 0 Å². The van der Waals surface area contributed by atoms with Gasteiger partial charge in [-0.3, -0.25) is 4.99 Å². The Hall–Kier alpha value is -1.51. The van der Waals surface area contributed by atoms with E-state index in [9.17, 15) is 8.42 Å². The number of hydrogen-bond acceptors (Lipinski definition) is 7. The van der Waals surface area contributed by atoms with E-state index < -0.39 is 20.1 Å². The Morgan fingerprint density at radius 2 is 1.85 bits per heavy atom. The fraction of sp³-hybridized carbons (Fsp3) is 0.500. The van der Waals surface area contributed by atoms with Gasteiger partial charge in [0.2, 0.25) is 0 Å². The molecule has 2 aromatic rings. The van der Waals surface area contributed by atoms with Crippen molar-refractivity contribution in [2.75, 3.05) is 5.75 Å². The smallest absolute Gasteiger partial charge is 0.165 e. The number of aliphatic imine (C=N–C) groups is 1. The highest BCUT2D eigenvalue weighted by atomic mass is 35.5. The topological polar surface area (TPSA) is 98.3 Å². The van der Waals surface area contributed by atoms with Gasteiger partial charge in [-0.1, -0.05) is 30.9 Å². The Labute approximate surface area is 167 Å². The zero-order valence-electron chi connectivity index (χ0n) is 15.0. The number of amidine groups is 1. The Bertz CT molecular complexity index is 998. The van der Waals surface area contributed by atoms with Gasteiger partial charge in [0, 0.05) is 22.8 Å². The molecule has 1 atom stereocenters. The lowest BCUT2D eigenvalue weighted by atomic mass is 9.86. The zero-order valence-corrected chi connectivity index (χ0v) is 17.4. The van der Waals surface area contributed by atoms with Gasteiger partial charge in [0.1, 0.15) is 22.4 Å². The first-order chi connectivity index (χ1) is 12.8. The molecule has 3 heterocycles. The SMILES string of the molecule is CC1(c2sc(-c3cncnc3)cc2Cl)CS(=O)(=O)C2(CCCCC2)C(N)=N1. The second-order valence-corrected chi connectivity index (χ2v) is 11.3. The summed E-state index contributed by atoms with van der Waals surface area (Å²) < 4.78 is 25.7. The first kappa shape index (κ1) is 18.8. The lowest BCUT2D eigenvalue weighted by Gasteiger charge is -2.43. The lowest BCUT2D eigenvalue weighted by Crippen LogP contribution is -2.58. The third-order valence-electron chi connectivity index (χ3n) is 5.58. The van der Waals surface area contributed by atoms with Crippen LogP contribution in [0.25, 0.3) is 10.4 Å². The fourth-order valence-electron chi connectivity index (χ4n) is 4.18. The molecule has 4 rings (SSSR count). The van der Waals surface area contributed by atoms with Crippen molar-refractivity contribution < 1.29 is 8.42 Å². The third kappa shape index (κ3) is 2.98. The van der Waals surface area contributed by atoms with Crippen molar-refractivity contribution in [2.45, 2.75) is 49.3 Å². The summed E-state index contributed by atoms with van der Waals surface area (Å²) in [5, 5.41) is 0.493. The summed E-state index contributed by atoms with van der Waals surface area (Å²) in [5.74, 6) is 0.163. The van der Waals surface area contributed by atoms with E-state index in [2.05, 4.69) is 9.97 Å². The van der Waals surface area contributed by atoms with Crippen LogP contribution in [0.2, 0.25) is 5.02 Å². The van der Waals surface area contributed by atoms with Gasteiger partial charge in [-0.05, 0) is 25.8 Å². The standard InChI is InChI=1S/C18H21ClN4O2S2/c1-17(15-13(19)7-14(26-15)12-8-21-11-22-9-12)10-27(24,25)18(16(20)23-17)5-3-2-4-6-18/h7-9,11H,2-6,10H2,1H3,(H2,20,23). The van der Waals surface area contributed by atoms with Crippen LogP contribution in [0.4, 0.5) is 0 Å². The van der Waals surface area contributed by atoms with Crippen LogP contribution in [0.3, 0.4) is 0 Å². The van der Waals surface area contributed by atoms with Gasteiger partial charge in [-0.2, -0.15) is 0 Å². The summed E-state index contributed by atoms with van der Waals surface area (Å²) in [4.78, 5) is 14.4. The molecule has 144 valence electrons. The second kappa shape index (κ2) is 6.53. The van der Waals surface area contributed by atoms with Gasteiger partial charge in [0.05, 0.1) is 15.7 Å². The van der Waals surface area contributed by atoms with E-state index in [4.69, 9.17) is 22.3 Å². The number of nitrogens with zero attached hydrogens (tertiary/aromatic N) is 3. The molecule has 6 nitrogen and oxygen atoms in total. The molecule has 1 fully saturated rings. The molecular weight excluding hydrogens is 404 g/mol. The number of sulfone groups is 1. The minimum Gasteiger partial charge on any atom is -0.386 e. The van der Waals surface area contributed by atoms with Gasteiger partial charge in [0.15, 0.2) is 9.84 Å². The van der Waals surface area contributed by atoms with E-state index in [1.165, 1.54) is 17.7 Å². The molecular formula is C18H21ClN4O2S2. The number of aromatic nitrogens is 2. The quantitative estimate of drug-likeness (QED) is 0.794.